The van der Waals surface area contributed by atoms with Crippen LogP contribution in [0.1, 0.15) is 53.4 Å². The molecule has 5 heteroatoms. The van der Waals surface area contributed by atoms with E-state index in [1.54, 1.807) is 0 Å². The number of nitrogens with zero attached hydrogens (tertiary/aromatic N) is 2. The molecular formula is C17H33N3O2. The number of likely N-dealkylation sites (N-methyl/N-ethyl adjacent to an activating group) is 1. The molecule has 0 aromatic carbocycles. The van der Waals surface area contributed by atoms with Crippen LogP contribution >= 0.6 is 0 Å². The van der Waals surface area contributed by atoms with E-state index in [1.165, 1.54) is 0 Å². The van der Waals surface area contributed by atoms with Crippen molar-refractivity contribution in [2.45, 2.75) is 59.4 Å². The van der Waals surface area contributed by atoms with E-state index in [1.807, 2.05) is 11.8 Å². The highest BCUT2D eigenvalue weighted by molar-refractivity contribution is 5.84. The zero-order chi connectivity index (χ0) is 16.5. The minimum Gasteiger partial charge on any atom is -0.356 e. The Hall–Kier alpha value is -1.10. The fourth-order valence-electron chi connectivity index (χ4n) is 3.25. The summed E-state index contributed by atoms with van der Waals surface area (Å²) < 4.78 is 0. The molecule has 0 aliphatic carbocycles. The van der Waals surface area contributed by atoms with E-state index >= 15 is 0 Å². The number of hydrogen-bond donors (Lipinski definition) is 1. The van der Waals surface area contributed by atoms with Crippen LogP contribution in [0.5, 0.6) is 0 Å². The summed E-state index contributed by atoms with van der Waals surface area (Å²) in [5, 5.41) is 2.96. The second kappa shape index (κ2) is 9.82. The van der Waals surface area contributed by atoms with E-state index < -0.39 is 0 Å². The molecule has 128 valence electrons. The summed E-state index contributed by atoms with van der Waals surface area (Å²) in [6.07, 6.45) is 3.58. The molecule has 1 rings (SSSR count). The van der Waals surface area contributed by atoms with E-state index in [-0.39, 0.29) is 23.8 Å². The van der Waals surface area contributed by atoms with Gasteiger partial charge in [-0.3, -0.25) is 14.5 Å². The first-order valence-corrected chi connectivity index (χ1v) is 8.89. The number of carbonyl (C=O) groups is 2. The first kappa shape index (κ1) is 18.9. The van der Waals surface area contributed by atoms with Gasteiger partial charge in [0.15, 0.2) is 0 Å². The molecule has 5 nitrogen and oxygen atoms in total. The van der Waals surface area contributed by atoms with Crippen LogP contribution in [0.2, 0.25) is 0 Å². The molecule has 0 bridgehead atoms. The zero-order valence-electron chi connectivity index (χ0n) is 14.7. The molecule has 1 saturated heterocycles. The Labute approximate surface area is 135 Å². The number of likely N-dealkylation sites (tertiary alicyclic amines) is 1. The van der Waals surface area contributed by atoms with Crippen molar-refractivity contribution >= 4 is 11.8 Å². The lowest BCUT2D eigenvalue weighted by Crippen LogP contribution is -2.52. The van der Waals surface area contributed by atoms with Crippen molar-refractivity contribution in [3.8, 4) is 0 Å². The number of hydrogen-bond acceptors (Lipinski definition) is 3. The normalized spacial score (nSPS) is 20.0. The summed E-state index contributed by atoms with van der Waals surface area (Å²) in [6.45, 7) is 12.2. The van der Waals surface area contributed by atoms with Crippen LogP contribution in [0, 0.1) is 5.92 Å². The van der Waals surface area contributed by atoms with E-state index in [2.05, 4.69) is 31.0 Å². The van der Waals surface area contributed by atoms with Crippen molar-refractivity contribution in [1.29, 1.82) is 0 Å². The minimum atomic E-state index is -0.0487. The molecule has 0 aromatic heterocycles. The molecule has 1 fully saturated rings. The highest BCUT2D eigenvalue weighted by Gasteiger charge is 2.32. The Morgan fingerprint density at radius 3 is 2.45 bits per heavy atom. The van der Waals surface area contributed by atoms with Crippen molar-refractivity contribution in [2.24, 2.45) is 5.92 Å². The quantitative estimate of drug-likeness (QED) is 0.744. The third-order valence-electron chi connectivity index (χ3n) is 4.58. The summed E-state index contributed by atoms with van der Waals surface area (Å²) in [6, 6.07) is -0.0487. The van der Waals surface area contributed by atoms with Crippen LogP contribution in [0.4, 0.5) is 0 Å². The minimum absolute atomic E-state index is 0.0431. The van der Waals surface area contributed by atoms with E-state index in [0.717, 1.165) is 51.9 Å². The Balaban J connectivity index is 2.66. The molecular weight excluding hydrogens is 278 g/mol. The van der Waals surface area contributed by atoms with Gasteiger partial charge in [0.05, 0.1) is 12.0 Å². The second-order valence-corrected chi connectivity index (χ2v) is 6.06. The van der Waals surface area contributed by atoms with Gasteiger partial charge in [-0.15, -0.1) is 0 Å². The van der Waals surface area contributed by atoms with E-state index in [4.69, 9.17) is 0 Å². The van der Waals surface area contributed by atoms with E-state index in [9.17, 15) is 9.59 Å². The molecule has 2 amide bonds. The molecule has 0 radical (unpaired) electrons. The summed E-state index contributed by atoms with van der Waals surface area (Å²) in [5.41, 5.74) is 0. The number of carbonyl (C=O) groups excluding carboxylic acids is 2. The first-order valence-electron chi connectivity index (χ1n) is 8.89. The van der Waals surface area contributed by atoms with Crippen LogP contribution in [0.15, 0.2) is 0 Å². The lowest BCUT2D eigenvalue weighted by molar-refractivity contribution is -0.140. The molecule has 0 saturated carbocycles. The molecule has 1 N–H and O–H groups in total. The van der Waals surface area contributed by atoms with Crippen molar-refractivity contribution in [1.82, 2.24) is 15.1 Å². The summed E-state index contributed by atoms with van der Waals surface area (Å²) in [5.74, 6) is 0.257. The van der Waals surface area contributed by atoms with Gasteiger partial charge in [-0.1, -0.05) is 27.7 Å². The maximum absolute atomic E-state index is 12.8. The molecule has 0 unspecified atom stereocenters. The fourth-order valence-corrected chi connectivity index (χ4v) is 3.25. The fraction of sp³-hybridized carbons (Fsp3) is 0.882. The molecule has 1 aliphatic rings. The topological polar surface area (TPSA) is 52.7 Å². The van der Waals surface area contributed by atoms with Gasteiger partial charge in [-0.25, -0.2) is 0 Å². The molecule has 0 aromatic rings. The predicted molar refractivity (Wildman–Crippen MR) is 89.6 cm³/mol. The lowest BCUT2D eigenvalue weighted by atomic mass is 9.96. The Morgan fingerprint density at radius 2 is 1.91 bits per heavy atom. The smallest absolute Gasteiger partial charge is 0.239 e. The van der Waals surface area contributed by atoms with Crippen molar-refractivity contribution in [3.63, 3.8) is 0 Å². The van der Waals surface area contributed by atoms with Gasteiger partial charge in [0, 0.05) is 19.6 Å². The second-order valence-electron chi connectivity index (χ2n) is 6.06. The monoisotopic (exact) mass is 311 g/mol. The van der Waals surface area contributed by atoms with Crippen LogP contribution in [-0.4, -0.2) is 60.4 Å². The van der Waals surface area contributed by atoms with Gasteiger partial charge < -0.3 is 10.2 Å². The largest absolute Gasteiger partial charge is 0.356 e. The average Bonchev–Trinajstić information content (AvgIpc) is 2.56. The molecule has 0 spiro atoms. The first-order chi connectivity index (χ1) is 10.6. The van der Waals surface area contributed by atoms with Crippen molar-refractivity contribution < 1.29 is 9.59 Å². The Bertz CT molecular complexity index is 356. The lowest BCUT2D eigenvalue weighted by Gasteiger charge is -2.37. The highest BCUT2D eigenvalue weighted by atomic mass is 16.2. The molecule has 2 atom stereocenters. The maximum atomic E-state index is 12.8. The summed E-state index contributed by atoms with van der Waals surface area (Å²) >= 11 is 0. The third-order valence-corrected chi connectivity index (χ3v) is 4.58. The van der Waals surface area contributed by atoms with Crippen LogP contribution < -0.4 is 5.32 Å². The van der Waals surface area contributed by atoms with E-state index in [0.29, 0.717) is 6.54 Å². The van der Waals surface area contributed by atoms with Crippen LogP contribution in [0.25, 0.3) is 0 Å². The van der Waals surface area contributed by atoms with Gasteiger partial charge in [-0.05, 0) is 38.8 Å². The predicted octanol–water partition coefficient (Wildman–Crippen LogP) is 1.87. The molecule has 1 aliphatic heterocycles. The zero-order valence-corrected chi connectivity index (χ0v) is 14.7. The standard InChI is InChI=1S/C17H33N3O2/c1-5-11-18-16(21)14-10-9-12-20(13-14)17(22)15(6-2)19(7-3)8-4/h14-15H,5-13H2,1-4H3,(H,18,21)/t14-,15+/m0/s1. The SMILES string of the molecule is CCCNC(=O)[C@H]1CCCN(C(=O)[C@@H](CC)N(CC)CC)C1. The summed E-state index contributed by atoms with van der Waals surface area (Å²) in [7, 11) is 0. The number of rotatable bonds is 8. The maximum Gasteiger partial charge on any atom is 0.239 e. The van der Waals surface area contributed by atoms with Crippen LogP contribution in [-0.2, 0) is 9.59 Å². The third kappa shape index (κ3) is 4.97. The number of amides is 2. The number of piperidine rings is 1. The van der Waals surface area contributed by atoms with Gasteiger partial charge in [0.1, 0.15) is 0 Å². The van der Waals surface area contributed by atoms with Crippen LogP contribution in [0.3, 0.4) is 0 Å². The number of nitrogens with one attached hydrogen (secondary N) is 1. The van der Waals surface area contributed by atoms with Gasteiger partial charge >= 0.3 is 0 Å². The van der Waals surface area contributed by atoms with Gasteiger partial charge in [-0.2, -0.15) is 0 Å². The highest BCUT2D eigenvalue weighted by Crippen LogP contribution is 2.19. The Morgan fingerprint density at radius 1 is 1.23 bits per heavy atom. The molecule has 22 heavy (non-hydrogen) atoms. The summed E-state index contributed by atoms with van der Waals surface area (Å²) in [4.78, 5) is 29.1. The molecule has 1 heterocycles. The van der Waals surface area contributed by atoms with Gasteiger partial charge in [0.25, 0.3) is 0 Å². The van der Waals surface area contributed by atoms with Gasteiger partial charge in [0.2, 0.25) is 11.8 Å². The average molecular weight is 311 g/mol. The van der Waals surface area contributed by atoms with Crippen molar-refractivity contribution in [3.05, 3.63) is 0 Å². The van der Waals surface area contributed by atoms with Crippen molar-refractivity contribution in [2.75, 3.05) is 32.7 Å². The Kier molecular flexibility index (Phi) is 8.46.